The second kappa shape index (κ2) is 15.1. The third-order valence-corrected chi connectivity index (χ3v) is 6.78. The minimum absolute atomic E-state index is 0.154. The minimum atomic E-state index is -1.06. The van der Waals surface area contributed by atoms with Gasteiger partial charge < -0.3 is 20.9 Å². The Morgan fingerprint density at radius 2 is 1.65 bits per heavy atom. The van der Waals surface area contributed by atoms with E-state index in [1.165, 1.54) is 0 Å². The number of carbonyl (C=O) groups is 3. The van der Waals surface area contributed by atoms with Crippen molar-refractivity contribution in [2.45, 2.75) is 38.1 Å². The van der Waals surface area contributed by atoms with Gasteiger partial charge in [-0.25, -0.2) is 8.78 Å². The smallest absolute Gasteiger partial charge is 0.252 e. The molecule has 224 valence electrons. The van der Waals surface area contributed by atoms with Crippen molar-refractivity contribution in [2.75, 3.05) is 13.1 Å². The van der Waals surface area contributed by atoms with E-state index in [2.05, 4.69) is 20.8 Å². The average Bonchev–Trinajstić information content (AvgIpc) is 3.44. The molecular weight excluding hydrogens is 580 g/mol. The van der Waals surface area contributed by atoms with Crippen molar-refractivity contribution in [1.29, 1.82) is 0 Å². The zero-order chi connectivity index (χ0) is 30.8. The van der Waals surface area contributed by atoms with Crippen LogP contribution in [0.3, 0.4) is 0 Å². The average molecular weight is 610 g/mol. The summed E-state index contributed by atoms with van der Waals surface area (Å²) >= 11 is 6.00. The first-order valence-corrected chi connectivity index (χ1v) is 14.0. The number of rotatable bonds is 14. The van der Waals surface area contributed by atoms with Crippen LogP contribution in [-0.4, -0.2) is 46.9 Å². The quantitative estimate of drug-likeness (QED) is 0.139. The molecule has 9 nitrogen and oxygen atoms in total. The Bertz CT molecular complexity index is 1560. The van der Waals surface area contributed by atoms with Gasteiger partial charge in [-0.3, -0.25) is 14.4 Å². The second-order valence-corrected chi connectivity index (χ2v) is 10.3. The molecule has 1 unspecified atom stereocenters. The number of aromatic nitrogens is 2. The fourth-order valence-electron chi connectivity index (χ4n) is 4.33. The number of nitrogens with two attached hydrogens (primary N) is 1. The van der Waals surface area contributed by atoms with Gasteiger partial charge in [-0.2, -0.15) is 4.98 Å². The number of Topliss-reactive ketones (excluding diaryl/α,β-unsaturated/α-hetero) is 1. The molecule has 1 aromatic heterocycles. The van der Waals surface area contributed by atoms with Crippen molar-refractivity contribution in [1.82, 2.24) is 20.8 Å². The summed E-state index contributed by atoms with van der Waals surface area (Å²) < 4.78 is 32.5. The topological polar surface area (TPSA) is 140 Å². The highest BCUT2D eigenvalue weighted by Crippen LogP contribution is 2.15. The van der Waals surface area contributed by atoms with Gasteiger partial charge in [0.25, 0.3) is 11.8 Å². The van der Waals surface area contributed by atoms with E-state index < -0.39 is 29.4 Å². The molecule has 0 aliphatic heterocycles. The van der Waals surface area contributed by atoms with E-state index in [1.54, 1.807) is 30.3 Å². The third kappa shape index (κ3) is 9.25. The molecule has 1 heterocycles. The molecule has 3 aromatic carbocycles. The molecule has 2 amide bonds. The fourth-order valence-corrected chi connectivity index (χ4v) is 4.55. The van der Waals surface area contributed by atoms with Crippen LogP contribution in [0.2, 0.25) is 5.02 Å². The van der Waals surface area contributed by atoms with E-state index in [0.717, 1.165) is 23.3 Å². The monoisotopic (exact) mass is 609 g/mol. The molecule has 4 N–H and O–H groups in total. The Labute approximate surface area is 251 Å². The number of ketones is 1. The Hall–Kier alpha value is -4.48. The van der Waals surface area contributed by atoms with Crippen LogP contribution in [0, 0.1) is 11.6 Å². The van der Waals surface area contributed by atoms with Crippen LogP contribution < -0.4 is 16.4 Å². The van der Waals surface area contributed by atoms with Crippen LogP contribution >= 0.6 is 11.6 Å². The van der Waals surface area contributed by atoms with Gasteiger partial charge in [0.2, 0.25) is 17.5 Å². The maximum atomic E-state index is 13.6. The molecule has 0 aliphatic rings. The van der Waals surface area contributed by atoms with Crippen molar-refractivity contribution in [2.24, 2.45) is 5.73 Å². The predicted molar refractivity (Wildman–Crippen MR) is 156 cm³/mol. The first kappa shape index (κ1) is 31.5. The number of halogens is 3. The van der Waals surface area contributed by atoms with Crippen LogP contribution in [-0.2, 0) is 12.8 Å². The predicted octanol–water partition coefficient (Wildman–Crippen LogP) is 4.67. The summed E-state index contributed by atoms with van der Waals surface area (Å²) in [5.41, 5.74) is 7.55. The summed E-state index contributed by atoms with van der Waals surface area (Å²) in [6, 6.07) is 15.6. The summed E-state index contributed by atoms with van der Waals surface area (Å²) in [5.74, 6) is -3.56. The molecule has 0 saturated carbocycles. The van der Waals surface area contributed by atoms with Crippen molar-refractivity contribution in [3.63, 3.8) is 0 Å². The van der Waals surface area contributed by atoms with Crippen molar-refractivity contribution in [3.05, 3.63) is 117 Å². The maximum Gasteiger partial charge on any atom is 0.252 e. The summed E-state index contributed by atoms with van der Waals surface area (Å²) in [6.45, 7) is 0.840. The minimum Gasteiger partial charge on any atom is -0.352 e. The normalized spacial score (nSPS) is 11.6. The summed E-state index contributed by atoms with van der Waals surface area (Å²) in [4.78, 5) is 42.6. The number of carbonyl (C=O) groups excluding carboxylic acids is 3. The molecule has 0 fully saturated rings. The van der Waals surface area contributed by atoms with Gasteiger partial charge in [-0.05, 0) is 79.8 Å². The fraction of sp³-hybridized carbons (Fsp3) is 0.258. The van der Waals surface area contributed by atoms with Gasteiger partial charge >= 0.3 is 0 Å². The summed E-state index contributed by atoms with van der Waals surface area (Å²) in [6.07, 6.45) is 2.16. The molecule has 4 rings (SSSR count). The summed E-state index contributed by atoms with van der Waals surface area (Å²) in [5, 5.41) is 9.81. The molecule has 43 heavy (non-hydrogen) atoms. The van der Waals surface area contributed by atoms with Gasteiger partial charge in [0.15, 0.2) is 0 Å². The van der Waals surface area contributed by atoms with Crippen molar-refractivity contribution in [3.8, 4) is 0 Å². The number of benzene rings is 3. The Morgan fingerprint density at radius 3 is 2.35 bits per heavy atom. The molecular formula is C31H30ClF2N5O4. The van der Waals surface area contributed by atoms with E-state index in [1.807, 2.05) is 18.2 Å². The zero-order valence-corrected chi connectivity index (χ0v) is 23.9. The van der Waals surface area contributed by atoms with E-state index in [4.69, 9.17) is 21.9 Å². The first-order valence-electron chi connectivity index (χ1n) is 13.7. The van der Waals surface area contributed by atoms with Gasteiger partial charge in [-0.1, -0.05) is 41.0 Å². The number of hydrogen-bond acceptors (Lipinski definition) is 7. The van der Waals surface area contributed by atoms with Crippen molar-refractivity contribution >= 4 is 29.2 Å². The summed E-state index contributed by atoms with van der Waals surface area (Å²) in [7, 11) is 0. The third-order valence-electron chi connectivity index (χ3n) is 6.54. The van der Waals surface area contributed by atoms with Gasteiger partial charge in [0, 0.05) is 28.8 Å². The molecule has 0 bridgehead atoms. The Kier molecular flexibility index (Phi) is 11.1. The van der Waals surface area contributed by atoms with E-state index in [9.17, 15) is 23.2 Å². The van der Waals surface area contributed by atoms with Gasteiger partial charge in [0.05, 0.1) is 12.5 Å². The van der Waals surface area contributed by atoms with Gasteiger partial charge in [0.1, 0.15) is 11.6 Å². The second-order valence-electron chi connectivity index (χ2n) is 9.85. The lowest BCUT2D eigenvalue weighted by atomic mass is 10.0. The molecule has 0 radical (unpaired) electrons. The maximum absolute atomic E-state index is 13.6. The van der Waals surface area contributed by atoms with Crippen molar-refractivity contribution < 1.29 is 27.7 Å². The molecule has 1 atom stereocenters. The SMILES string of the molecule is NCCCCC(NC(=O)c1cc(F)cc(F)c1)C(=O)c1noc(Cc2ccc(C(=O)NCCc3cccc(Cl)c3)cc2)n1. The number of nitrogens with one attached hydrogen (secondary N) is 2. The van der Waals surface area contributed by atoms with E-state index in [0.29, 0.717) is 49.0 Å². The van der Waals surface area contributed by atoms with Gasteiger partial charge in [-0.15, -0.1) is 0 Å². The number of amides is 2. The Morgan fingerprint density at radius 1 is 0.907 bits per heavy atom. The lowest BCUT2D eigenvalue weighted by Gasteiger charge is -2.16. The largest absolute Gasteiger partial charge is 0.352 e. The van der Waals surface area contributed by atoms with Crippen LogP contribution in [0.25, 0.3) is 0 Å². The molecule has 0 spiro atoms. The molecule has 12 heteroatoms. The first-order chi connectivity index (χ1) is 20.7. The molecule has 0 saturated heterocycles. The highest BCUT2D eigenvalue weighted by molar-refractivity contribution is 6.30. The lowest BCUT2D eigenvalue weighted by molar-refractivity contribution is 0.0843. The van der Waals surface area contributed by atoms with Crippen LogP contribution in [0.1, 0.15) is 67.6 Å². The molecule has 4 aromatic rings. The highest BCUT2D eigenvalue weighted by atomic mass is 35.5. The number of nitrogens with zero attached hydrogens (tertiary/aromatic N) is 2. The Balaban J connectivity index is 1.35. The lowest BCUT2D eigenvalue weighted by Crippen LogP contribution is -2.41. The highest BCUT2D eigenvalue weighted by Gasteiger charge is 2.27. The van der Waals surface area contributed by atoms with Crippen LogP contribution in [0.15, 0.2) is 71.3 Å². The standard InChI is InChI=1S/C31H30ClF2N5O4/c32-23-5-3-4-19(14-23)11-13-36-30(41)21-9-7-20(8-10-21)15-27-38-29(39-43-27)28(40)26(6-1-2-12-35)37-31(42)22-16-24(33)18-25(34)17-22/h3-5,7-10,14,16-18,26H,1-2,6,11-13,15,35H2,(H,36,41)(H,37,42). The van der Waals surface area contributed by atoms with Crippen LogP contribution in [0.5, 0.6) is 0 Å². The van der Waals surface area contributed by atoms with E-state index >= 15 is 0 Å². The zero-order valence-electron chi connectivity index (χ0n) is 23.1. The number of hydrogen-bond donors (Lipinski definition) is 3. The van der Waals surface area contributed by atoms with E-state index in [-0.39, 0.29) is 36.0 Å². The number of unbranched alkanes of at least 4 members (excludes halogenated alkanes) is 1. The van der Waals surface area contributed by atoms with Crippen LogP contribution in [0.4, 0.5) is 8.78 Å². The molecule has 0 aliphatic carbocycles.